The van der Waals surface area contributed by atoms with Gasteiger partial charge in [-0.3, -0.25) is 0 Å². The van der Waals surface area contributed by atoms with Gasteiger partial charge < -0.3 is 14.2 Å². The lowest BCUT2D eigenvalue weighted by atomic mass is 9.80. The van der Waals surface area contributed by atoms with Crippen LogP contribution in [0.4, 0.5) is 8.78 Å². The van der Waals surface area contributed by atoms with Crippen LogP contribution >= 0.6 is 0 Å². The molecule has 0 atom stereocenters. The zero-order valence-electron chi connectivity index (χ0n) is 12.7. The molecule has 5 rings (SSSR count). The third-order valence-electron chi connectivity index (χ3n) is 4.55. The van der Waals surface area contributed by atoms with Crippen molar-refractivity contribution in [3.05, 3.63) is 70.8 Å². The predicted molar refractivity (Wildman–Crippen MR) is 81.9 cm³/mol. The summed E-state index contributed by atoms with van der Waals surface area (Å²) in [6, 6.07) is 11.0. The van der Waals surface area contributed by atoms with Crippen molar-refractivity contribution in [2.24, 2.45) is 0 Å². The maximum Gasteiger partial charge on any atom is 0.312 e. The summed E-state index contributed by atoms with van der Waals surface area (Å²) >= 11 is 0. The Morgan fingerprint density at radius 1 is 0.833 bits per heavy atom. The van der Waals surface area contributed by atoms with Gasteiger partial charge >= 0.3 is 5.97 Å². The Morgan fingerprint density at radius 2 is 1.42 bits per heavy atom. The van der Waals surface area contributed by atoms with E-state index in [2.05, 4.69) is 5.92 Å². The maximum absolute atomic E-state index is 13.6. The monoisotopic (exact) mass is 328 g/mol. The minimum Gasteiger partial charge on any atom is -0.322 e. The Labute approximate surface area is 138 Å². The van der Waals surface area contributed by atoms with Crippen LogP contribution in [0, 0.1) is 24.0 Å². The van der Waals surface area contributed by atoms with Gasteiger partial charge in [0.05, 0.1) is 25.2 Å². The molecule has 5 heteroatoms. The third-order valence-corrected chi connectivity index (χ3v) is 4.55. The Balaban J connectivity index is 1.61. The second-order valence-electron chi connectivity index (χ2n) is 6.05. The van der Waals surface area contributed by atoms with Crippen LogP contribution in [-0.4, -0.2) is 19.8 Å². The van der Waals surface area contributed by atoms with Crippen molar-refractivity contribution in [2.45, 2.75) is 11.4 Å². The smallest absolute Gasteiger partial charge is 0.312 e. The quantitative estimate of drug-likeness (QED) is 0.793. The van der Waals surface area contributed by atoms with Gasteiger partial charge in [-0.15, -0.1) is 6.42 Å². The van der Waals surface area contributed by atoms with E-state index < -0.39 is 23.0 Å². The molecule has 3 aliphatic heterocycles. The van der Waals surface area contributed by atoms with Crippen molar-refractivity contribution < 1.29 is 23.0 Å². The molecule has 0 N–H and O–H groups in total. The molecule has 3 saturated heterocycles. The molecule has 24 heavy (non-hydrogen) atoms. The molecule has 2 aromatic carbocycles. The van der Waals surface area contributed by atoms with Gasteiger partial charge in [-0.25, -0.2) is 8.78 Å². The van der Waals surface area contributed by atoms with Gasteiger partial charge in [-0.2, -0.15) is 0 Å². The molecule has 3 aliphatic rings. The number of benzene rings is 2. The second-order valence-corrected chi connectivity index (χ2v) is 6.05. The molecule has 0 unspecified atom stereocenters. The highest BCUT2D eigenvalue weighted by atomic mass is 19.2. The van der Waals surface area contributed by atoms with Crippen LogP contribution in [-0.2, 0) is 25.6 Å². The number of halogens is 2. The van der Waals surface area contributed by atoms with Crippen molar-refractivity contribution in [2.75, 3.05) is 19.8 Å². The highest BCUT2D eigenvalue weighted by molar-refractivity contribution is 5.36. The number of hydrogen-bond donors (Lipinski definition) is 0. The van der Waals surface area contributed by atoms with Crippen molar-refractivity contribution in [3.63, 3.8) is 0 Å². The number of hydrogen-bond acceptors (Lipinski definition) is 3. The molecular formula is C19H14F2O3. The number of ether oxygens (including phenoxy) is 3. The zero-order valence-corrected chi connectivity index (χ0v) is 12.7. The Hall–Kier alpha value is -2.26. The van der Waals surface area contributed by atoms with Crippen LogP contribution in [0.15, 0.2) is 42.5 Å². The summed E-state index contributed by atoms with van der Waals surface area (Å²) in [5.74, 6) is -0.500. The topological polar surface area (TPSA) is 27.7 Å². The zero-order chi connectivity index (χ0) is 16.8. The fourth-order valence-corrected chi connectivity index (χ4v) is 3.05. The standard InChI is InChI=1S/C19H14F2O3/c1-2-13-3-5-14(6-4-13)19-22-10-18(11-23-19,12-24-19)15-7-8-16(20)17(21)9-15/h1,3-9H,10-12H2. The Morgan fingerprint density at radius 3 is 1.96 bits per heavy atom. The summed E-state index contributed by atoms with van der Waals surface area (Å²) < 4.78 is 44.2. The van der Waals surface area contributed by atoms with Gasteiger partial charge in [-0.05, 0) is 42.0 Å². The van der Waals surface area contributed by atoms with Gasteiger partial charge in [0.1, 0.15) is 0 Å². The molecular weight excluding hydrogens is 314 g/mol. The molecule has 122 valence electrons. The van der Waals surface area contributed by atoms with Crippen LogP contribution < -0.4 is 0 Å². The lowest BCUT2D eigenvalue weighted by Crippen LogP contribution is -2.60. The lowest BCUT2D eigenvalue weighted by Gasteiger charge is -2.52. The Kier molecular flexibility index (Phi) is 3.43. The van der Waals surface area contributed by atoms with Crippen molar-refractivity contribution in [1.29, 1.82) is 0 Å². The second kappa shape index (κ2) is 5.38. The normalized spacial score (nSPS) is 28.5. The lowest BCUT2D eigenvalue weighted by molar-refractivity contribution is -0.466. The summed E-state index contributed by atoms with van der Waals surface area (Å²) in [6.07, 6.45) is 5.36. The first kappa shape index (κ1) is 15.3. The summed E-state index contributed by atoms with van der Waals surface area (Å²) in [6.45, 7) is 0.860. The number of terminal acetylenes is 1. The highest BCUT2D eigenvalue weighted by Crippen LogP contribution is 2.45. The molecule has 3 fully saturated rings. The van der Waals surface area contributed by atoms with Crippen molar-refractivity contribution in [3.8, 4) is 12.3 Å². The van der Waals surface area contributed by atoms with E-state index in [1.165, 1.54) is 12.1 Å². The largest absolute Gasteiger partial charge is 0.322 e. The fraction of sp³-hybridized carbons (Fsp3) is 0.263. The molecule has 0 amide bonds. The van der Waals surface area contributed by atoms with Crippen molar-refractivity contribution in [1.82, 2.24) is 0 Å². The molecule has 2 aromatic rings. The van der Waals surface area contributed by atoms with Crippen LogP contribution in [0.2, 0.25) is 0 Å². The molecule has 3 nitrogen and oxygen atoms in total. The van der Waals surface area contributed by atoms with E-state index in [1.54, 1.807) is 24.3 Å². The van der Waals surface area contributed by atoms with E-state index in [0.717, 1.165) is 11.6 Å². The highest BCUT2D eigenvalue weighted by Gasteiger charge is 2.54. The summed E-state index contributed by atoms with van der Waals surface area (Å²) in [7, 11) is 0. The minimum atomic E-state index is -1.27. The van der Waals surface area contributed by atoms with Gasteiger partial charge in [0.25, 0.3) is 0 Å². The van der Waals surface area contributed by atoms with E-state index >= 15 is 0 Å². The van der Waals surface area contributed by atoms with Gasteiger partial charge in [-0.1, -0.05) is 12.0 Å². The van der Waals surface area contributed by atoms with Gasteiger partial charge in [0.15, 0.2) is 11.6 Å². The van der Waals surface area contributed by atoms with Crippen molar-refractivity contribution >= 4 is 0 Å². The van der Waals surface area contributed by atoms with E-state index in [9.17, 15) is 8.78 Å². The average Bonchev–Trinajstić information content (AvgIpc) is 2.65. The average molecular weight is 328 g/mol. The molecule has 2 bridgehead atoms. The van der Waals surface area contributed by atoms with E-state index in [1.807, 2.05) is 0 Å². The van der Waals surface area contributed by atoms with E-state index in [4.69, 9.17) is 20.6 Å². The van der Waals surface area contributed by atoms with Gasteiger partial charge in [0.2, 0.25) is 0 Å². The first-order valence-electron chi connectivity index (χ1n) is 7.52. The number of rotatable bonds is 2. The summed E-state index contributed by atoms with van der Waals surface area (Å²) in [5, 5.41) is 0. The van der Waals surface area contributed by atoms with Crippen LogP contribution in [0.5, 0.6) is 0 Å². The SMILES string of the molecule is C#Cc1ccc(C23OCC(c4ccc(F)c(F)c4)(CO2)CO3)cc1. The van der Waals surface area contributed by atoms with Crippen LogP contribution in [0.1, 0.15) is 16.7 Å². The third kappa shape index (κ3) is 2.23. The molecule has 0 aromatic heterocycles. The van der Waals surface area contributed by atoms with E-state index in [0.29, 0.717) is 11.1 Å². The molecule has 0 saturated carbocycles. The Bertz CT molecular complexity index is 799. The minimum absolute atomic E-state index is 0.287. The van der Waals surface area contributed by atoms with E-state index in [-0.39, 0.29) is 19.8 Å². The summed E-state index contributed by atoms with van der Waals surface area (Å²) in [5.41, 5.74) is 1.41. The molecule has 3 heterocycles. The fourth-order valence-electron chi connectivity index (χ4n) is 3.05. The first-order chi connectivity index (χ1) is 11.6. The molecule has 0 spiro atoms. The summed E-state index contributed by atoms with van der Waals surface area (Å²) in [4.78, 5) is 0. The first-order valence-corrected chi connectivity index (χ1v) is 7.52. The molecule has 0 radical (unpaired) electrons. The molecule has 0 aliphatic carbocycles. The maximum atomic E-state index is 13.6. The van der Waals surface area contributed by atoms with Crippen LogP contribution in [0.3, 0.4) is 0 Å². The predicted octanol–water partition coefficient (Wildman–Crippen LogP) is 3.07. The van der Waals surface area contributed by atoms with Gasteiger partial charge in [0, 0.05) is 11.1 Å². The van der Waals surface area contributed by atoms with Crippen LogP contribution in [0.25, 0.3) is 0 Å². The number of fused-ring (bicyclic) bond motifs is 3.